The van der Waals surface area contributed by atoms with E-state index < -0.39 is 6.04 Å². The largest absolute Gasteiger partial charge is 0.346 e. The highest BCUT2D eigenvalue weighted by Crippen LogP contribution is 2.25. The van der Waals surface area contributed by atoms with Crippen LogP contribution < -0.4 is 5.69 Å². The monoisotopic (exact) mass is 354 g/mol. The summed E-state index contributed by atoms with van der Waals surface area (Å²) in [6.45, 7) is 3.03. The number of hydrogen-bond donors (Lipinski definition) is 0. The van der Waals surface area contributed by atoms with Crippen LogP contribution in [0.4, 0.5) is 0 Å². The molecule has 7 heteroatoms. The molecule has 0 aliphatic carbocycles. The molecule has 3 heterocycles. The van der Waals surface area contributed by atoms with E-state index in [9.17, 15) is 14.4 Å². The summed E-state index contributed by atoms with van der Waals surface area (Å²) >= 11 is 0. The third-order valence-electron chi connectivity index (χ3n) is 5.21. The van der Waals surface area contributed by atoms with Gasteiger partial charge < -0.3 is 4.90 Å². The van der Waals surface area contributed by atoms with E-state index in [-0.39, 0.29) is 23.9 Å². The van der Waals surface area contributed by atoms with Crippen molar-refractivity contribution in [1.82, 2.24) is 19.2 Å². The number of hydrogen-bond acceptors (Lipinski definition) is 4. The third-order valence-corrected chi connectivity index (χ3v) is 5.21. The summed E-state index contributed by atoms with van der Waals surface area (Å²) in [5.41, 5.74) is 1.92. The van der Waals surface area contributed by atoms with Crippen LogP contribution in [0.2, 0.25) is 0 Å². The average Bonchev–Trinajstić information content (AvgIpc) is 3.20. The van der Waals surface area contributed by atoms with E-state index >= 15 is 0 Å². The number of carbonyl (C=O) groups is 2. The second-order valence-electron chi connectivity index (χ2n) is 7.17. The molecule has 0 bridgehead atoms. The number of fused-ring (bicyclic) bond motifs is 1. The van der Waals surface area contributed by atoms with Gasteiger partial charge in [-0.1, -0.05) is 29.8 Å². The van der Waals surface area contributed by atoms with Crippen molar-refractivity contribution in [2.24, 2.45) is 0 Å². The van der Waals surface area contributed by atoms with Crippen molar-refractivity contribution < 1.29 is 9.59 Å². The number of carbonyl (C=O) groups excluding carboxylic acids is 2. The van der Waals surface area contributed by atoms with Gasteiger partial charge in [0.05, 0.1) is 13.1 Å². The Balaban J connectivity index is 1.62. The van der Waals surface area contributed by atoms with Crippen LogP contribution in [-0.2, 0) is 22.6 Å². The molecule has 1 amide bonds. The molecule has 0 N–H and O–H groups in total. The zero-order valence-electron chi connectivity index (χ0n) is 14.9. The summed E-state index contributed by atoms with van der Waals surface area (Å²) in [6, 6.07) is 7.45. The lowest BCUT2D eigenvalue weighted by atomic mass is 10.0. The molecule has 136 valence electrons. The second-order valence-corrected chi connectivity index (χ2v) is 7.17. The molecule has 1 atom stereocenters. The fourth-order valence-electron chi connectivity index (χ4n) is 3.76. The molecule has 4 rings (SSSR count). The van der Waals surface area contributed by atoms with Crippen molar-refractivity contribution >= 4 is 11.7 Å². The topological polar surface area (TPSA) is 77.2 Å². The maximum Gasteiger partial charge on any atom is 0.346 e. The Bertz CT molecular complexity index is 910. The van der Waals surface area contributed by atoms with E-state index in [1.165, 1.54) is 4.68 Å². The van der Waals surface area contributed by atoms with Crippen LogP contribution in [0.5, 0.6) is 0 Å². The molecular formula is C19H22N4O3. The van der Waals surface area contributed by atoms with Gasteiger partial charge in [-0.15, -0.1) is 0 Å². The Kier molecular flexibility index (Phi) is 4.22. The van der Waals surface area contributed by atoms with Crippen molar-refractivity contribution in [3.8, 4) is 0 Å². The molecule has 2 aromatic rings. The molecule has 1 saturated heterocycles. The number of Topliss-reactive ketones (excluding diaryl/α,β-unsaturated/α-hetero) is 1. The summed E-state index contributed by atoms with van der Waals surface area (Å²) in [7, 11) is 0. The van der Waals surface area contributed by atoms with Crippen molar-refractivity contribution in [1.29, 1.82) is 0 Å². The summed E-state index contributed by atoms with van der Waals surface area (Å²) in [5.74, 6) is 0.614. The third kappa shape index (κ3) is 2.98. The van der Waals surface area contributed by atoms with Gasteiger partial charge >= 0.3 is 5.69 Å². The lowest BCUT2D eigenvalue weighted by molar-refractivity contribution is -0.135. The number of nitrogens with zero attached hydrogens (tertiary/aromatic N) is 4. The summed E-state index contributed by atoms with van der Waals surface area (Å²) in [4.78, 5) is 38.8. The molecule has 1 aromatic carbocycles. The highest BCUT2D eigenvalue weighted by Gasteiger charge is 2.35. The predicted molar refractivity (Wildman–Crippen MR) is 94.9 cm³/mol. The van der Waals surface area contributed by atoms with Gasteiger partial charge in [-0.2, -0.15) is 5.10 Å². The van der Waals surface area contributed by atoms with Gasteiger partial charge in [-0.05, 0) is 25.3 Å². The average molecular weight is 354 g/mol. The van der Waals surface area contributed by atoms with E-state index in [4.69, 9.17) is 0 Å². The summed E-state index contributed by atoms with van der Waals surface area (Å²) in [5, 5.41) is 4.47. The fourth-order valence-corrected chi connectivity index (χ4v) is 3.76. The minimum atomic E-state index is -0.538. The molecule has 2 aliphatic heterocycles. The number of amides is 1. The number of ketones is 1. The SMILES string of the molecule is Cc1ccc(Cn2nc3n(c2=O)C(C(=O)N2CCC(=O)C2)CCC3)cc1. The molecule has 0 radical (unpaired) electrons. The van der Waals surface area contributed by atoms with Crippen molar-refractivity contribution in [2.45, 2.75) is 45.2 Å². The zero-order valence-corrected chi connectivity index (χ0v) is 14.9. The summed E-state index contributed by atoms with van der Waals surface area (Å²) < 4.78 is 2.99. The minimum Gasteiger partial charge on any atom is -0.333 e. The number of aromatic nitrogens is 3. The fraction of sp³-hybridized carbons (Fsp3) is 0.474. The zero-order chi connectivity index (χ0) is 18.3. The van der Waals surface area contributed by atoms with Crippen LogP contribution in [-0.4, -0.2) is 44.0 Å². The highest BCUT2D eigenvalue weighted by atomic mass is 16.2. The molecule has 1 unspecified atom stereocenters. The van der Waals surface area contributed by atoms with Gasteiger partial charge in [0.25, 0.3) is 0 Å². The molecule has 0 spiro atoms. The van der Waals surface area contributed by atoms with Crippen LogP contribution in [0.3, 0.4) is 0 Å². The Morgan fingerprint density at radius 3 is 2.65 bits per heavy atom. The standard InChI is InChI=1S/C19H22N4O3/c1-13-5-7-14(8-6-13)11-22-19(26)23-16(3-2-4-17(23)20-22)18(25)21-10-9-15(24)12-21/h5-8,16H,2-4,9-12H2,1H3. The predicted octanol–water partition coefficient (Wildman–Crippen LogP) is 1.08. The van der Waals surface area contributed by atoms with Gasteiger partial charge in [0.2, 0.25) is 5.91 Å². The van der Waals surface area contributed by atoms with E-state index in [1.54, 1.807) is 9.47 Å². The lowest BCUT2D eigenvalue weighted by Crippen LogP contribution is -2.41. The Labute approximate surface area is 151 Å². The van der Waals surface area contributed by atoms with Crippen LogP contribution in [0.15, 0.2) is 29.1 Å². The molecule has 1 fully saturated rings. The van der Waals surface area contributed by atoms with Gasteiger partial charge in [-0.3, -0.25) is 14.2 Å². The smallest absolute Gasteiger partial charge is 0.333 e. The van der Waals surface area contributed by atoms with Crippen LogP contribution in [0.1, 0.15) is 42.3 Å². The van der Waals surface area contributed by atoms with E-state index in [0.717, 1.165) is 17.5 Å². The van der Waals surface area contributed by atoms with Gasteiger partial charge in [0.1, 0.15) is 11.9 Å². The van der Waals surface area contributed by atoms with Gasteiger partial charge in [0.15, 0.2) is 5.78 Å². The van der Waals surface area contributed by atoms with Gasteiger partial charge in [0, 0.05) is 19.4 Å². The van der Waals surface area contributed by atoms with Crippen LogP contribution in [0, 0.1) is 6.92 Å². The number of aryl methyl sites for hydroxylation is 2. The second kappa shape index (κ2) is 6.55. The first-order valence-electron chi connectivity index (χ1n) is 9.07. The maximum absolute atomic E-state index is 12.9. The Morgan fingerprint density at radius 2 is 1.96 bits per heavy atom. The Hall–Kier alpha value is -2.70. The summed E-state index contributed by atoms with van der Waals surface area (Å²) in [6.07, 6.45) is 2.54. The first-order valence-corrected chi connectivity index (χ1v) is 9.07. The van der Waals surface area contributed by atoms with E-state index in [0.29, 0.717) is 38.2 Å². The number of rotatable bonds is 3. The van der Waals surface area contributed by atoms with Gasteiger partial charge in [-0.25, -0.2) is 9.48 Å². The first kappa shape index (κ1) is 16.8. The molecule has 1 aromatic heterocycles. The Morgan fingerprint density at radius 1 is 1.19 bits per heavy atom. The van der Waals surface area contributed by atoms with E-state index in [1.807, 2.05) is 31.2 Å². The lowest BCUT2D eigenvalue weighted by Gasteiger charge is -2.26. The first-order chi connectivity index (χ1) is 12.5. The quantitative estimate of drug-likeness (QED) is 0.826. The number of benzene rings is 1. The van der Waals surface area contributed by atoms with Crippen LogP contribution >= 0.6 is 0 Å². The minimum absolute atomic E-state index is 0.0804. The van der Waals surface area contributed by atoms with Crippen molar-refractivity contribution in [3.63, 3.8) is 0 Å². The number of likely N-dealkylation sites (tertiary alicyclic amines) is 1. The maximum atomic E-state index is 12.9. The molecular weight excluding hydrogens is 332 g/mol. The van der Waals surface area contributed by atoms with Crippen molar-refractivity contribution in [2.75, 3.05) is 13.1 Å². The molecule has 2 aliphatic rings. The molecule has 0 saturated carbocycles. The van der Waals surface area contributed by atoms with Crippen LogP contribution in [0.25, 0.3) is 0 Å². The molecule has 26 heavy (non-hydrogen) atoms. The van der Waals surface area contributed by atoms with Crippen molar-refractivity contribution in [3.05, 3.63) is 51.7 Å². The molecule has 7 nitrogen and oxygen atoms in total. The normalized spacial score (nSPS) is 19.7. The van der Waals surface area contributed by atoms with E-state index in [2.05, 4.69) is 5.10 Å². The highest BCUT2D eigenvalue weighted by molar-refractivity contribution is 5.90.